The molecule has 5 nitrogen and oxygen atoms in total. The Morgan fingerprint density at radius 2 is 1.85 bits per heavy atom. The smallest absolute Gasteiger partial charge is 0.250 e. The number of halogens is 1. The highest BCUT2D eigenvalue weighted by Gasteiger charge is 2.15. The predicted octanol–water partition coefficient (Wildman–Crippen LogP) is 4.36. The fourth-order valence-corrected chi connectivity index (χ4v) is 3.90. The number of benzene rings is 2. The summed E-state index contributed by atoms with van der Waals surface area (Å²) in [4.78, 5) is 29.2. The first-order valence-corrected chi connectivity index (χ1v) is 9.45. The van der Waals surface area contributed by atoms with Gasteiger partial charge in [-0.3, -0.25) is 9.59 Å². The zero-order valence-electron chi connectivity index (χ0n) is 14.9. The van der Waals surface area contributed by atoms with E-state index in [4.69, 9.17) is 17.3 Å². The number of primary amides is 1. The molecule has 2 amide bonds. The number of nitrogens with one attached hydrogen (secondary N) is 1. The summed E-state index contributed by atoms with van der Waals surface area (Å²) in [5, 5.41) is 3.91. The summed E-state index contributed by atoms with van der Waals surface area (Å²) >= 11 is 7.53. The summed E-state index contributed by atoms with van der Waals surface area (Å²) in [6.07, 6.45) is 0.198. The average molecular weight is 400 g/mol. The first kappa shape index (κ1) is 19.1. The van der Waals surface area contributed by atoms with E-state index in [-0.39, 0.29) is 22.9 Å². The summed E-state index contributed by atoms with van der Waals surface area (Å²) < 4.78 is 0. The molecule has 0 saturated heterocycles. The van der Waals surface area contributed by atoms with Gasteiger partial charge in [0.15, 0.2) is 0 Å². The van der Waals surface area contributed by atoms with Crippen LogP contribution in [0.25, 0.3) is 11.3 Å². The van der Waals surface area contributed by atoms with Gasteiger partial charge in [0.25, 0.3) is 0 Å². The van der Waals surface area contributed by atoms with E-state index in [1.807, 2.05) is 38.1 Å². The molecule has 0 fully saturated rings. The van der Waals surface area contributed by atoms with Crippen LogP contribution in [0.15, 0.2) is 42.5 Å². The van der Waals surface area contributed by atoms with Crippen LogP contribution in [-0.2, 0) is 11.2 Å². The van der Waals surface area contributed by atoms with Gasteiger partial charge in [0.05, 0.1) is 27.7 Å². The van der Waals surface area contributed by atoms with E-state index < -0.39 is 5.91 Å². The van der Waals surface area contributed by atoms with Crippen LogP contribution in [-0.4, -0.2) is 16.8 Å². The minimum atomic E-state index is -0.610. The molecule has 1 heterocycles. The molecular formula is C20H18ClN3O2S. The lowest BCUT2D eigenvalue weighted by Gasteiger charge is -2.08. The Hall–Kier alpha value is -2.70. The highest BCUT2D eigenvalue weighted by molar-refractivity contribution is 7.12. The van der Waals surface area contributed by atoms with E-state index in [0.29, 0.717) is 5.69 Å². The van der Waals surface area contributed by atoms with Gasteiger partial charge in [-0.15, -0.1) is 11.3 Å². The summed E-state index contributed by atoms with van der Waals surface area (Å²) in [6.45, 7) is 3.95. The maximum absolute atomic E-state index is 12.5. The number of nitrogens with zero attached hydrogens (tertiary/aromatic N) is 1. The van der Waals surface area contributed by atoms with Crippen LogP contribution in [0.4, 0.5) is 5.69 Å². The summed E-state index contributed by atoms with van der Waals surface area (Å²) in [7, 11) is 0. The number of rotatable bonds is 5. The molecule has 138 valence electrons. The molecule has 2 aromatic carbocycles. The second-order valence-corrected chi connectivity index (χ2v) is 7.85. The maximum Gasteiger partial charge on any atom is 0.250 e. The Balaban J connectivity index is 1.78. The van der Waals surface area contributed by atoms with E-state index in [9.17, 15) is 9.59 Å². The molecule has 3 N–H and O–H groups in total. The molecule has 0 saturated carbocycles. The molecule has 7 heteroatoms. The lowest BCUT2D eigenvalue weighted by molar-refractivity contribution is -0.115. The number of hydrogen-bond acceptors (Lipinski definition) is 4. The second-order valence-electron chi connectivity index (χ2n) is 6.15. The van der Waals surface area contributed by atoms with Crippen molar-refractivity contribution in [3.05, 3.63) is 68.5 Å². The number of nitrogens with two attached hydrogens (primary N) is 1. The van der Waals surface area contributed by atoms with Gasteiger partial charge in [0.2, 0.25) is 11.8 Å². The van der Waals surface area contributed by atoms with Gasteiger partial charge in [-0.05, 0) is 32.0 Å². The number of anilines is 1. The van der Waals surface area contributed by atoms with Crippen molar-refractivity contribution in [2.45, 2.75) is 20.3 Å². The molecule has 0 aliphatic rings. The van der Waals surface area contributed by atoms with E-state index in [0.717, 1.165) is 21.1 Å². The average Bonchev–Trinajstić information content (AvgIpc) is 2.95. The Kier molecular flexibility index (Phi) is 5.58. The highest BCUT2D eigenvalue weighted by Crippen LogP contribution is 2.29. The van der Waals surface area contributed by atoms with Gasteiger partial charge in [-0.1, -0.05) is 41.4 Å². The maximum atomic E-state index is 12.5. The van der Waals surface area contributed by atoms with Crippen molar-refractivity contribution < 1.29 is 9.59 Å². The van der Waals surface area contributed by atoms with Crippen LogP contribution >= 0.6 is 22.9 Å². The number of carbonyl (C=O) groups is 2. The van der Waals surface area contributed by atoms with Gasteiger partial charge in [0.1, 0.15) is 0 Å². The van der Waals surface area contributed by atoms with Crippen LogP contribution in [0.1, 0.15) is 25.8 Å². The predicted molar refractivity (Wildman–Crippen MR) is 109 cm³/mol. The first-order chi connectivity index (χ1) is 12.8. The molecule has 1 aromatic heterocycles. The zero-order valence-corrected chi connectivity index (χ0v) is 16.4. The monoisotopic (exact) mass is 399 g/mol. The summed E-state index contributed by atoms with van der Waals surface area (Å²) in [6, 6.07) is 12.7. The van der Waals surface area contributed by atoms with Crippen LogP contribution in [0, 0.1) is 13.8 Å². The summed E-state index contributed by atoms with van der Waals surface area (Å²) in [5.41, 5.74) is 8.94. The van der Waals surface area contributed by atoms with E-state index in [1.54, 1.807) is 6.07 Å². The number of aryl methyl sites for hydroxylation is 2. The second kappa shape index (κ2) is 7.90. The number of amides is 2. The number of carbonyl (C=O) groups excluding carboxylic acids is 2. The molecule has 0 atom stereocenters. The minimum Gasteiger partial charge on any atom is -0.366 e. The van der Waals surface area contributed by atoms with Crippen LogP contribution in [0.5, 0.6) is 0 Å². The fourth-order valence-electron chi connectivity index (χ4n) is 2.67. The van der Waals surface area contributed by atoms with Gasteiger partial charge in [0, 0.05) is 16.1 Å². The molecule has 0 aliphatic heterocycles. The van der Waals surface area contributed by atoms with E-state index in [2.05, 4.69) is 10.3 Å². The molecule has 0 bridgehead atoms. The molecule has 0 spiro atoms. The third kappa shape index (κ3) is 4.53. The van der Waals surface area contributed by atoms with Crippen molar-refractivity contribution in [3.8, 4) is 11.3 Å². The third-order valence-electron chi connectivity index (χ3n) is 3.97. The van der Waals surface area contributed by atoms with Crippen molar-refractivity contribution in [3.63, 3.8) is 0 Å². The van der Waals surface area contributed by atoms with Crippen LogP contribution in [0.3, 0.4) is 0 Å². The Labute approximate surface area is 166 Å². The Morgan fingerprint density at radius 1 is 1.15 bits per heavy atom. The number of thiazole rings is 1. The van der Waals surface area contributed by atoms with Crippen molar-refractivity contribution in [2.24, 2.45) is 5.73 Å². The van der Waals surface area contributed by atoms with Crippen molar-refractivity contribution in [1.82, 2.24) is 4.98 Å². The molecule has 3 aromatic rings. The Bertz CT molecular complexity index is 1010. The molecule has 3 rings (SSSR count). The van der Waals surface area contributed by atoms with Crippen molar-refractivity contribution >= 4 is 40.4 Å². The van der Waals surface area contributed by atoms with Crippen LogP contribution in [0.2, 0.25) is 5.02 Å². The van der Waals surface area contributed by atoms with E-state index >= 15 is 0 Å². The van der Waals surface area contributed by atoms with Crippen molar-refractivity contribution in [1.29, 1.82) is 0 Å². The molecule has 0 aliphatic carbocycles. The lowest BCUT2D eigenvalue weighted by Crippen LogP contribution is -2.15. The lowest BCUT2D eigenvalue weighted by atomic mass is 10.1. The fraction of sp³-hybridized carbons (Fsp3) is 0.150. The zero-order chi connectivity index (χ0) is 19.6. The van der Waals surface area contributed by atoms with E-state index in [1.165, 1.54) is 29.0 Å². The first-order valence-electron chi connectivity index (χ1n) is 8.26. The van der Waals surface area contributed by atoms with Gasteiger partial charge < -0.3 is 11.1 Å². The molecule has 0 unspecified atom stereocenters. The normalized spacial score (nSPS) is 10.6. The SMILES string of the molecule is Cc1ccc(-c2nc(C)sc2CC(=O)Nc2ccc(C(N)=O)c(Cl)c2)cc1. The molecule has 27 heavy (non-hydrogen) atoms. The third-order valence-corrected chi connectivity index (χ3v) is 5.25. The van der Waals surface area contributed by atoms with Gasteiger partial charge in [-0.2, -0.15) is 0 Å². The minimum absolute atomic E-state index is 0.185. The quantitative estimate of drug-likeness (QED) is 0.668. The number of aromatic nitrogens is 1. The number of hydrogen-bond donors (Lipinski definition) is 2. The largest absolute Gasteiger partial charge is 0.366 e. The standard InChI is InChI=1S/C20H18ClN3O2S/c1-11-3-5-13(6-4-11)19-17(27-12(2)23-19)10-18(25)24-14-7-8-15(20(22)26)16(21)9-14/h3-9H,10H2,1-2H3,(H2,22,26)(H,24,25). The molecular weight excluding hydrogens is 382 g/mol. The van der Waals surface area contributed by atoms with Crippen LogP contribution < -0.4 is 11.1 Å². The van der Waals surface area contributed by atoms with Gasteiger partial charge >= 0.3 is 0 Å². The van der Waals surface area contributed by atoms with Gasteiger partial charge in [-0.25, -0.2) is 4.98 Å². The molecule has 0 radical (unpaired) electrons. The summed E-state index contributed by atoms with van der Waals surface area (Å²) in [5.74, 6) is -0.796. The van der Waals surface area contributed by atoms with Crippen molar-refractivity contribution in [2.75, 3.05) is 5.32 Å². The topological polar surface area (TPSA) is 85.1 Å². The Morgan fingerprint density at radius 3 is 2.48 bits per heavy atom. The highest BCUT2D eigenvalue weighted by atomic mass is 35.5.